The maximum Gasteiger partial charge on any atom is 0.0555 e. The Hall–Kier alpha value is -1.47. The van der Waals surface area contributed by atoms with Crippen molar-refractivity contribution in [2.75, 3.05) is 5.32 Å². The molecule has 2 heteroatoms. The van der Waals surface area contributed by atoms with Gasteiger partial charge in [0.2, 0.25) is 0 Å². The molecule has 0 saturated carbocycles. The molecule has 3 rings (SSSR count). The fourth-order valence-electron chi connectivity index (χ4n) is 2.71. The predicted octanol–water partition coefficient (Wildman–Crippen LogP) is 4.67. The van der Waals surface area contributed by atoms with Crippen molar-refractivity contribution in [2.45, 2.75) is 26.3 Å². The van der Waals surface area contributed by atoms with Crippen LogP contribution in [-0.2, 0) is 6.42 Å². The summed E-state index contributed by atoms with van der Waals surface area (Å²) in [6.07, 6.45) is 1.01. The third-order valence-electron chi connectivity index (χ3n) is 3.57. The molecule has 1 N–H and O–H groups in total. The molecule has 0 amide bonds. The minimum Gasteiger partial charge on any atom is -0.377 e. The summed E-state index contributed by atoms with van der Waals surface area (Å²) in [5.41, 5.74) is 6.46. The van der Waals surface area contributed by atoms with Gasteiger partial charge < -0.3 is 5.32 Å². The molecule has 0 aromatic heterocycles. The van der Waals surface area contributed by atoms with Crippen molar-refractivity contribution in [2.24, 2.45) is 0 Å². The molecule has 1 unspecified atom stereocenters. The number of aryl methyl sites for hydroxylation is 2. The Morgan fingerprint density at radius 2 is 2.00 bits per heavy atom. The summed E-state index contributed by atoms with van der Waals surface area (Å²) in [5, 5.41) is 4.45. The lowest BCUT2D eigenvalue weighted by molar-refractivity contribution is 0.823. The van der Waals surface area contributed by atoms with E-state index in [2.05, 4.69) is 49.5 Å². The highest BCUT2D eigenvalue weighted by Gasteiger charge is 2.23. The SMILES string of the molecule is Cc1cccc(C2Cc3cc(Cl)cc(C)c3N2)c1. The Balaban J connectivity index is 1.96. The maximum absolute atomic E-state index is 6.12. The first-order chi connectivity index (χ1) is 8.63. The molecule has 2 aromatic rings. The van der Waals surface area contributed by atoms with Crippen LogP contribution in [0, 0.1) is 13.8 Å². The van der Waals surface area contributed by atoms with Crippen molar-refractivity contribution in [3.05, 3.63) is 63.7 Å². The number of anilines is 1. The van der Waals surface area contributed by atoms with Gasteiger partial charge in [0.05, 0.1) is 6.04 Å². The van der Waals surface area contributed by atoms with Gasteiger partial charge in [0.1, 0.15) is 0 Å². The number of halogens is 1. The molecule has 0 fully saturated rings. The van der Waals surface area contributed by atoms with Gasteiger partial charge >= 0.3 is 0 Å². The Morgan fingerprint density at radius 1 is 1.17 bits per heavy atom. The fraction of sp³-hybridized carbons (Fsp3) is 0.250. The van der Waals surface area contributed by atoms with E-state index in [1.807, 2.05) is 6.07 Å². The maximum atomic E-state index is 6.12. The van der Waals surface area contributed by atoms with Gasteiger partial charge in [-0.15, -0.1) is 0 Å². The lowest BCUT2D eigenvalue weighted by atomic mass is 10.0. The van der Waals surface area contributed by atoms with Crippen molar-refractivity contribution in [3.8, 4) is 0 Å². The first-order valence-electron chi connectivity index (χ1n) is 6.25. The third kappa shape index (κ3) is 1.99. The topological polar surface area (TPSA) is 12.0 Å². The van der Waals surface area contributed by atoms with Crippen LogP contribution in [0.1, 0.15) is 28.3 Å². The summed E-state index contributed by atoms with van der Waals surface area (Å²) in [6, 6.07) is 13.2. The van der Waals surface area contributed by atoms with Crippen molar-refractivity contribution in [1.82, 2.24) is 0 Å². The molecule has 0 radical (unpaired) electrons. The van der Waals surface area contributed by atoms with Gasteiger partial charge in [0.15, 0.2) is 0 Å². The normalized spacial score (nSPS) is 17.4. The number of benzene rings is 2. The smallest absolute Gasteiger partial charge is 0.0555 e. The molecule has 1 nitrogen and oxygen atoms in total. The van der Waals surface area contributed by atoms with Crippen molar-refractivity contribution >= 4 is 17.3 Å². The quantitative estimate of drug-likeness (QED) is 0.783. The van der Waals surface area contributed by atoms with Crippen LogP contribution in [0.3, 0.4) is 0 Å². The minimum atomic E-state index is 0.372. The molecule has 18 heavy (non-hydrogen) atoms. The van der Waals surface area contributed by atoms with Crippen LogP contribution in [0.25, 0.3) is 0 Å². The van der Waals surface area contributed by atoms with E-state index in [0.29, 0.717) is 6.04 Å². The average Bonchev–Trinajstić information content (AvgIpc) is 2.73. The molecule has 0 bridgehead atoms. The zero-order valence-corrected chi connectivity index (χ0v) is 11.4. The van der Waals surface area contributed by atoms with Crippen molar-refractivity contribution in [1.29, 1.82) is 0 Å². The van der Waals surface area contributed by atoms with Gasteiger partial charge in [-0.3, -0.25) is 0 Å². The number of hydrogen-bond donors (Lipinski definition) is 1. The number of hydrogen-bond acceptors (Lipinski definition) is 1. The van der Waals surface area contributed by atoms with Gasteiger partial charge in [-0.25, -0.2) is 0 Å². The van der Waals surface area contributed by atoms with Crippen LogP contribution in [0.4, 0.5) is 5.69 Å². The Labute approximate surface area is 113 Å². The van der Waals surface area contributed by atoms with Gasteiger partial charge in [0.25, 0.3) is 0 Å². The molecule has 1 aliphatic heterocycles. The molecular weight excluding hydrogens is 242 g/mol. The molecule has 92 valence electrons. The molecule has 2 aromatic carbocycles. The van der Waals surface area contributed by atoms with Crippen LogP contribution >= 0.6 is 11.6 Å². The summed E-state index contributed by atoms with van der Waals surface area (Å²) in [4.78, 5) is 0. The second kappa shape index (κ2) is 4.33. The molecule has 1 aliphatic rings. The summed E-state index contributed by atoms with van der Waals surface area (Å²) >= 11 is 6.12. The zero-order chi connectivity index (χ0) is 12.7. The van der Waals surface area contributed by atoms with E-state index >= 15 is 0 Å². The molecule has 0 saturated heterocycles. The summed E-state index contributed by atoms with van der Waals surface area (Å²) in [5.74, 6) is 0. The van der Waals surface area contributed by atoms with E-state index in [-0.39, 0.29) is 0 Å². The van der Waals surface area contributed by atoms with Crippen LogP contribution in [0.2, 0.25) is 5.02 Å². The zero-order valence-electron chi connectivity index (χ0n) is 10.6. The molecule has 1 atom stereocenters. The van der Waals surface area contributed by atoms with Crippen LogP contribution in [-0.4, -0.2) is 0 Å². The Morgan fingerprint density at radius 3 is 2.78 bits per heavy atom. The van der Waals surface area contributed by atoms with E-state index < -0.39 is 0 Å². The first kappa shape index (κ1) is 11.6. The van der Waals surface area contributed by atoms with E-state index in [4.69, 9.17) is 11.6 Å². The third-order valence-corrected chi connectivity index (χ3v) is 3.79. The van der Waals surface area contributed by atoms with Crippen molar-refractivity contribution in [3.63, 3.8) is 0 Å². The fourth-order valence-corrected chi connectivity index (χ4v) is 3.01. The van der Waals surface area contributed by atoms with Gasteiger partial charge in [0, 0.05) is 10.7 Å². The first-order valence-corrected chi connectivity index (χ1v) is 6.63. The highest BCUT2D eigenvalue weighted by atomic mass is 35.5. The predicted molar refractivity (Wildman–Crippen MR) is 77.4 cm³/mol. The van der Waals surface area contributed by atoms with Gasteiger partial charge in [-0.2, -0.15) is 0 Å². The number of rotatable bonds is 1. The highest BCUT2D eigenvalue weighted by Crippen LogP contribution is 2.38. The second-order valence-electron chi connectivity index (χ2n) is 5.07. The van der Waals surface area contributed by atoms with Crippen LogP contribution < -0.4 is 5.32 Å². The molecule has 1 heterocycles. The van der Waals surface area contributed by atoms with E-state index in [9.17, 15) is 0 Å². The van der Waals surface area contributed by atoms with Gasteiger partial charge in [-0.1, -0.05) is 41.4 Å². The standard InChI is InChI=1S/C16H16ClN/c1-10-4-3-5-12(6-10)15-9-13-8-14(17)7-11(2)16(13)18-15/h3-8,15,18H,9H2,1-2H3. The van der Waals surface area contributed by atoms with E-state index in [1.54, 1.807) is 0 Å². The molecule has 0 aliphatic carbocycles. The lowest BCUT2D eigenvalue weighted by Crippen LogP contribution is -2.05. The molecular formula is C16H16ClN. The van der Waals surface area contributed by atoms with E-state index in [0.717, 1.165) is 11.4 Å². The number of fused-ring (bicyclic) bond motifs is 1. The molecule has 0 spiro atoms. The van der Waals surface area contributed by atoms with E-state index in [1.165, 1.54) is 27.9 Å². The Bertz CT molecular complexity index is 604. The largest absolute Gasteiger partial charge is 0.377 e. The van der Waals surface area contributed by atoms with Crippen LogP contribution in [0.15, 0.2) is 36.4 Å². The summed E-state index contributed by atoms with van der Waals surface area (Å²) in [6.45, 7) is 4.24. The minimum absolute atomic E-state index is 0.372. The summed E-state index contributed by atoms with van der Waals surface area (Å²) in [7, 11) is 0. The monoisotopic (exact) mass is 257 g/mol. The summed E-state index contributed by atoms with van der Waals surface area (Å²) < 4.78 is 0. The van der Waals surface area contributed by atoms with Crippen LogP contribution in [0.5, 0.6) is 0 Å². The van der Waals surface area contributed by atoms with Crippen molar-refractivity contribution < 1.29 is 0 Å². The Kier molecular flexibility index (Phi) is 2.79. The average molecular weight is 258 g/mol. The highest BCUT2D eigenvalue weighted by molar-refractivity contribution is 6.30. The van der Waals surface area contributed by atoms with Gasteiger partial charge in [-0.05, 0) is 49.1 Å². The number of nitrogens with one attached hydrogen (secondary N) is 1. The lowest BCUT2D eigenvalue weighted by Gasteiger charge is -2.13. The second-order valence-corrected chi connectivity index (χ2v) is 5.51.